The van der Waals surface area contributed by atoms with Gasteiger partial charge in [-0.1, -0.05) is 12.1 Å². The minimum Gasteiger partial charge on any atom is -0.399 e. The number of benzene rings is 2. The Labute approximate surface area is 118 Å². The van der Waals surface area contributed by atoms with Crippen molar-refractivity contribution in [2.45, 2.75) is 13.1 Å². The molecule has 0 unspecified atom stereocenters. The number of hydrogen-bond acceptors (Lipinski definition) is 3. The summed E-state index contributed by atoms with van der Waals surface area (Å²) in [5.74, 6) is -0.375. The van der Waals surface area contributed by atoms with Crippen molar-refractivity contribution >= 4 is 5.69 Å². The van der Waals surface area contributed by atoms with Crippen LogP contribution in [-0.4, -0.2) is 11.9 Å². The zero-order chi connectivity index (χ0) is 14.5. The summed E-state index contributed by atoms with van der Waals surface area (Å²) in [7, 11) is 1.95. The molecule has 20 heavy (non-hydrogen) atoms. The van der Waals surface area contributed by atoms with E-state index in [-0.39, 0.29) is 5.82 Å². The second-order valence-corrected chi connectivity index (χ2v) is 4.87. The molecule has 0 saturated carbocycles. The molecule has 3 nitrogen and oxygen atoms in total. The lowest BCUT2D eigenvalue weighted by Gasteiger charge is -2.17. The van der Waals surface area contributed by atoms with Gasteiger partial charge in [0.25, 0.3) is 0 Å². The molecule has 2 aromatic carbocycles. The summed E-state index contributed by atoms with van der Waals surface area (Å²) >= 11 is 0. The molecule has 0 atom stereocenters. The van der Waals surface area contributed by atoms with E-state index in [1.165, 1.54) is 12.1 Å². The van der Waals surface area contributed by atoms with E-state index in [9.17, 15) is 4.39 Å². The highest BCUT2D eigenvalue weighted by atomic mass is 19.1. The number of nitrogens with zero attached hydrogens (tertiary/aromatic N) is 2. The molecule has 0 aliphatic carbocycles. The summed E-state index contributed by atoms with van der Waals surface area (Å²) in [6.45, 7) is 1.31. The van der Waals surface area contributed by atoms with Gasteiger partial charge in [0, 0.05) is 18.8 Å². The zero-order valence-corrected chi connectivity index (χ0v) is 11.3. The number of halogens is 1. The van der Waals surface area contributed by atoms with Crippen LogP contribution < -0.4 is 5.73 Å². The second kappa shape index (κ2) is 6.18. The average Bonchev–Trinajstić information content (AvgIpc) is 2.40. The normalized spacial score (nSPS) is 10.5. The van der Waals surface area contributed by atoms with Crippen LogP contribution in [0, 0.1) is 17.1 Å². The lowest BCUT2D eigenvalue weighted by molar-refractivity contribution is 0.318. The predicted octanol–water partition coefficient (Wildman–Crippen LogP) is 2.91. The summed E-state index contributed by atoms with van der Waals surface area (Å²) in [4.78, 5) is 2.06. The van der Waals surface area contributed by atoms with E-state index in [1.54, 1.807) is 6.07 Å². The molecule has 4 heteroatoms. The van der Waals surface area contributed by atoms with Crippen molar-refractivity contribution in [3.63, 3.8) is 0 Å². The van der Waals surface area contributed by atoms with E-state index in [0.717, 1.165) is 23.4 Å². The third-order valence-corrected chi connectivity index (χ3v) is 2.97. The summed E-state index contributed by atoms with van der Waals surface area (Å²) in [6.07, 6.45) is 0. The first-order chi connectivity index (χ1) is 9.56. The van der Waals surface area contributed by atoms with Crippen LogP contribution in [0.4, 0.5) is 10.1 Å². The van der Waals surface area contributed by atoms with Crippen molar-refractivity contribution < 1.29 is 4.39 Å². The Balaban J connectivity index is 2.04. The van der Waals surface area contributed by atoms with Gasteiger partial charge in [-0.25, -0.2) is 4.39 Å². The standard InChI is InChI=1S/C16H16FN3/c1-20(10-12-2-4-16(19)5-3-12)11-14-6-13(9-18)7-15(17)8-14/h2-8H,10-11,19H2,1H3. The zero-order valence-electron chi connectivity index (χ0n) is 11.3. The molecular weight excluding hydrogens is 253 g/mol. The summed E-state index contributed by atoms with van der Waals surface area (Å²) < 4.78 is 13.4. The first kappa shape index (κ1) is 14.0. The van der Waals surface area contributed by atoms with Gasteiger partial charge >= 0.3 is 0 Å². The van der Waals surface area contributed by atoms with Crippen LogP contribution in [0.3, 0.4) is 0 Å². The Hall–Kier alpha value is -2.38. The van der Waals surface area contributed by atoms with Crippen molar-refractivity contribution in [3.05, 3.63) is 65.0 Å². The van der Waals surface area contributed by atoms with Crippen LogP contribution in [0.2, 0.25) is 0 Å². The average molecular weight is 269 g/mol. The SMILES string of the molecule is CN(Cc1ccc(N)cc1)Cc1cc(F)cc(C#N)c1. The van der Waals surface area contributed by atoms with Crippen molar-refractivity contribution in [2.75, 3.05) is 12.8 Å². The van der Waals surface area contributed by atoms with E-state index in [0.29, 0.717) is 12.1 Å². The first-order valence-electron chi connectivity index (χ1n) is 6.29. The van der Waals surface area contributed by atoms with Gasteiger partial charge in [0.05, 0.1) is 11.6 Å². The first-order valence-corrected chi connectivity index (χ1v) is 6.29. The van der Waals surface area contributed by atoms with E-state index < -0.39 is 0 Å². The third kappa shape index (κ3) is 3.81. The quantitative estimate of drug-likeness (QED) is 0.868. The molecule has 102 valence electrons. The van der Waals surface area contributed by atoms with E-state index in [1.807, 2.05) is 37.4 Å². The highest BCUT2D eigenvalue weighted by molar-refractivity contribution is 5.39. The predicted molar refractivity (Wildman–Crippen MR) is 77.1 cm³/mol. The molecule has 0 spiro atoms. The summed E-state index contributed by atoms with van der Waals surface area (Å²) in [6, 6.07) is 14.0. The van der Waals surface area contributed by atoms with E-state index in [2.05, 4.69) is 4.90 Å². The minimum absolute atomic E-state index is 0.348. The lowest BCUT2D eigenvalue weighted by Crippen LogP contribution is -2.17. The van der Waals surface area contributed by atoms with Crippen molar-refractivity contribution in [1.29, 1.82) is 5.26 Å². The number of nitriles is 1. The van der Waals surface area contributed by atoms with Crippen molar-refractivity contribution in [1.82, 2.24) is 4.90 Å². The van der Waals surface area contributed by atoms with Crippen LogP contribution in [0.15, 0.2) is 42.5 Å². The maximum Gasteiger partial charge on any atom is 0.124 e. The highest BCUT2D eigenvalue weighted by Gasteiger charge is 2.05. The van der Waals surface area contributed by atoms with Crippen molar-refractivity contribution in [3.8, 4) is 6.07 Å². The Morgan fingerprint density at radius 3 is 2.40 bits per heavy atom. The monoisotopic (exact) mass is 269 g/mol. The van der Waals surface area contributed by atoms with Crippen molar-refractivity contribution in [2.24, 2.45) is 0 Å². The topological polar surface area (TPSA) is 53.0 Å². The molecule has 0 heterocycles. The van der Waals surface area contributed by atoms with Gasteiger partial charge in [-0.05, 0) is 48.5 Å². The number of anilines is 1. The third-order valence-electron chi connectivity index (χ3n) is 2.97. The van der Waals surface area contributed by atoms with Gasteiger partial charge < -0.3 is 5.73 Å². The van der Waals surface area contributed by atoms with Crippen LogP contribution in [-0.2, 0) is 13.1 Å². The van der Waals surface area contributed by atoms with Crippen LogP contribution in [0.5, 0.6) is 0 Å². The van der Waals surface area contributed by atoms with Crippen LogP contribution >= 0.6 is 0 Å². The number of nitrogen functional groups attached to an aromatic ring is 1. The van der Waals surface area contributed by atoms with Gasteiger partial charge in [-0.3, -0.25) is 4.90 Å². The molecule has 0 aliphatic heterocycles. The Kier molecular flexibility index (Phi) is 4.34. The molecule has 0 bridgehead atoms. The molecule has 0 aliphatic rings. The molecule has 2 rings (SSSR count). The number of rotatable bonds is 4. The minimum atomic E-state index is -0.375. The number of hydrogen-bond donors (Lipinski definition) is 1. The van der Waals surface area contributed by atoms with Gasteiger partial charge in [0.2, 0.25) is 0 Å². The fraction of sp³-hybridized carbons (Fsp3) is 0.188. The molecule has 0 aromatic heterocycles. The summed E-state index contributed by atoms with van der Waals surface area (Å²) in [5.41, 5.74) is 8.66. The van der Waals surface area contributed by atoms with Gasteiger partial charge in [0.15, 0.2) is 0 Å². The molecule has 2 N–H and O–H groups in total. The summed E-state index contributed by atoms with van der Waals surface area (Å²) in [5, 5.41) is 8.84. The highest BCUT2D eigenvalue weighted by Crippen LogP contribution is 2.13. The van der Waals surface area contributed by atoms with E-state index >= 15 is 0 Å². The van der Waals surface area contributed by atoms with Gasteiger partial charge in [-0.2, -0.15) is 5.26 Å². The maximum absolute atomic E-state index is 13.4. The maximum atomic E-state index is 13.4. The molecular formula is C16H16FN3. The molecule has 0 amide bonds. The fourth-order valence-electron chi connectivity index (χ4n) is 2.11. The molecule has 0 radical (unpaired) electrons. The fourth-order valence-corrected chi connectivity index (χ4v) is 2.11. The smallest absolute Gasteiger partial charge is 0.124 e. The Morgan fingerprint density at radius 2 is 1.75 bits per heavy atom. The van der Waals surface area contributed by atoms with E-state index in [4.69, 9.17) is 11.0 Å². The Bertz CT molecular complexity index is 629. The second-order valence-electron chi connectivity index (χ2n) is 4.87. The van der Waals surface area contributed by atoms with Gasteiger partial charge in [0.1, 0.15) is 5.82 Å². The molecule has 2 aromatic rings. The lowest BCUT2D eigenvalue weighted by atomic mass is 10.1. The number of nitrogens with two attached hydrogens (primary N) is 1. The molecule has 0 saturated heterocycles. The van der Waals surface area contributed by atoms with Crippen LogP contribution in [0.1, 0.15) is 16.7 Å². The van der Waals surface area contributed by atoms with Gasteiger partial charge in [-0.15, -0.1) is 0 Å². The van der Waals surface area contributed by atoms with Crippen LogP contribution in [0.25, 0.3) is 0 Å². The Morgan fingerprint density at radius 1 is 1.10 bits per heavy atom. The largest absolute Gasteiger partial charge is 0.399 e. The molecule has 0 fully saturated rings.